The molecule has 122 valence electrons. The zero-order valence-corrected chi connectivity index (χ0v) is 12.5. The molecule has 0 saturated carbocycles. The summed E-state index contributed by atoms with van der Waals surface area (Å²) in [7, 11) is 1.54. The Labute approximate surface area is 124 Å². The van der Waals surface area contributed by atoms with Gasteiger partial charge in [-0.3, -0.25) is 14.4 Å². The van der Waals surface area contributed by atoms with Crippen molar-refractivity contribution in [3.05, 3.63) is 0 Å². The SMILES string of the molecule is CN[C@H](CCC(=O)NCCOCCOCC(C)=O)C(=O)O. The minimum atomic E-state index is -0.973. The fourth-order valence-electron chi connectivity index (χ4n) is 1.45. The summed E-state index contributed by atoms with van der Waals surface area (Å²) < 4.78 is 10.2. The van der Waals surface area contributed by atoms with E-state index in [1.54, 1.807) is 7.05 Å². The highest BCUT2D eigenvalue weighted by Gasteiger charge is 2.15. The Hall–Kier alpha value is -1.51. The fraction of sp³-hybridized carbons (Fsp3) is 0.769. The highest BCUT2D eigenvalue weighted by molar-refractivity contribution is 5.78. The zero-order valence-electron chi connectivity index (χ0n) is 12.5. The molecule has 0 rings (SSSR count). The van der Waals surface area contributed by atoms with Crippen LogP contribution >= 0.6 is 0 Å². The molecule has 0 aliphatic heterocycles. The molecule has 3 N–H and O–H groups in total. The summed E-state index contributed by atoms with van der Waals surface area (Å²) in [6.07, 6.45) is 0.372. The average Bonchev–Trinajstić information content (AvgIpc) is 2.41. The van der Waals surface area contributed by atoms with E-state index in [0.29, 0.717) is 26.4 Å². The maximum absolute atomic E-state index is 11.4. The second kappa shape index (κ2) is 12.2. The van der Waals surface area contributed by atoms with E-state index in [4.69, 9.17) is 14.6 Å². The molecule has 8 nitrogen and oxygen atoms in total. The average molecular weight is 304 g/mol. The minimum Gasteiger partial charge on any atom is -0.480 e. The fourth-order valence-corrected chi connectivity index (χ4v) is 1.45. The summed E-state index contributed by atoms with van der Waals surface area (Å²) in [6.45, 7) is 2.89. The van der Waals surface area contributed by atoms with E-state index in [1.807, 2.05) is 0 Å². The van der Waals surface area contributed by atoms with Crippen LogP contribution in [0.3, 0.4) is 0 Å². The van der Waals surface area contributed by atoms with Crippen LogP contribution in [0.4, 0.5) is 0 Å². The third-order valence-electron chi connectivity index (χ3n) is 2.55. The molecule has 0 aliphatic rings. The number of Topliss-reactive ketones (excluding diaryl/α,β-unsaturated/α-hetero) is 1. The Morgan fingerprint density at radius 2 is 1.81 bits per heavy atom. The van der Waals surface area contributed by atoms with Gasteiger partial charge in [-0.25, -0.2) is 0 Å². The van der Waals surface area contributed by atoms with Crippen molar-refractivity contribution in [3.63, 3.8) is 0 Å². The molecule has 0 aromatic carbocycles. The van der Waals surface area contributed by atoms with Gasteiger partial charge in [-0.05, 0) is 20.4 Å². The van der Waals surface area contributed by atoms with Gasteiger partial charge in [0, 0.05) is 13.0 Å². The molecule has 0 aromatic rings. The highest BCUT2D eigenvalue weighted by Crippen LogP contribution is 1.96. The van der Waals surface area contributed by atoms with Gasteiger partial charge in [0.15, 0.2) is 5.78 Å². The van der Waals surface area contributed by atoms with Gasteiger partial charge in [0.1, 0.15) is 12.6 Å². The third kappa shape index (κ3) is 12.0. The summed E-state index contributed by atoms with van der Waals surface area (Å²) in [5, 5.41) is 14.0. The van der Waals surface area contributed by atoms with Gasteiger partial charge in [0.25, 0.3) is 0 Å². The Morgan fingerprint density at radius 1 is 1.14 bits per heavy atom. The van der Waals surface area contributed by atoms with Crippen LogP contribution < -0.4 is 10.6 Å². The first kappa shape index (κ1) is 19.5. The molecule has 0 bridgehead atoms. The zero-order chi connectivity index (χ0) is 16.1. The number of carboxylic acids is 1. The second-order valence-electron chi connectivity index (χ2n) is 4.44. The molecular formula is C13H24N2O6. The molecule has 21 heavy (non-hydrogen) atoms. The number of hydrogen-bond donors (Lipinski definition) is 3. The van der Waals surface area contributed by atoms with Crippen molar-refractivity contribution in [1.82, 2.24) is 10.6 Å². The largest absolute Gasteiger partial charge is 0.480 e. The van der Waals surface area contributed by atoms with Gasteiger partial charge in [-0.1, -0.05) is 0 Å². The number of likely N-dealkylation sites (N-methyl/N-ethyl adjacent to an activating group) is 1. The van der Waals surface area contributed by atoms with Crippen LogP contribution in [0, 0.1) is 0 Å². The van der Waals surface area contributed by atoms with Gasteiger partial charge in [0.2, 0.25) is 5.91 Å². The second-order valence-corrected chi connectivity index (χ2v) is 4.44. The third-order valence-corrected chi connectivity index (χ3v) is 2.55. The summed E-state index contributed by atoms with van der Waals surface area (Å²) in [4.78, 5) is 32.7. The lowest BCUT2D eigenvalue weighted by Crippen LogP contribution is -2.36. The van der Waals surface area contributed by atoms with Crippen LogP contribution in [-0.2, 0) is 23.9 Å². The number of carbonyl (C=O) groups excluding carboxylic acids is 2. The monoisotopic (exact) mass is 304 g/mol. The van der Waals surface area contributed by atoms with Gasteiger partial charge in [-0.2, -0.15) is 0 Å². The smallest absolute Gasteiger partial charge is 0.320 e. The van der Waals surface area contributed by atoms with E-state index >= 15 is 0 Å². The first-order valence-corrected chi connectivity index (χ1v) is 6.79. The van der Waals surface area contributed by atoms with Crippen molar-refractivity contribution in [2.75, 3.05) is 40.0 Å². The van der Waals surface area contributed by atoms with Crippen LogP contribution in [0.15, 0.2) is 0 Å². The van der Waals surface area contributed by atoms with E-state index in [0.717, 1.165) is 0 Å². The molecular weight excluding hydrogens is 280 g/mol. The topological polar surface area (TPSA) is 114 Å². The maximum Gasteiger partial charge on any atom is 0.320 e. The summed E-state index contributed by atoms with van der Waals surface area (Å²) in [5.74, 6) is -1.23. The van der Waals surface area contributed by atoms with Crippen LogP contribution in [0.2, 0.25) is 0 Å². The standard InChI is InChI=1S/C13H24N2O6/c1-10(16)9-21-8-7-20-6-5-15-12(17)4-3-11(14-2)13(18)19/h11,14H,3-9H2,1-2H3,(H,15,17)(H,18,19)/t11-/m1/s1. The molecule has 0 heterocycles. The number of carbonyl (C=O) groups is 3. The molecule has 0 radical (unpaired) electrons. The molecule has 0 aromatic heterocycles. The van der Waals surface area contributed by atoms with Crippen molar-refractivity contribution in [2.24, 2.45) is 0 Å². The molecule has 0 saturated heterocycles. The van der Waals surface area contributed by atoms with E-state index in [9.17, 15) is 14.4 Å². The number of aliphatic carboxylic acids is 1. The Bertz CT molecular complexity index is 335. The quantitative estimate of drug-likeness (QED) is 0.381. The van der Waals surface area contributed by atoms with Crippen molar-refractivity contribution in [1.29, 1.82) is 0 Å². The van der Waals surface area contributed by atoms with Crippen LogP contribution in [-0.4, -0.2) is 68.8 Å². The summed E-state index contributed by atoms with van der Waals surface area (Å²) >= 11 is 0. The van der Waals surface area contributed by atoms with Gasteiger partial charge < -0.3 is 25.2 Å². The Kier molecular flexibility index (Phi) is 11.4. The van der Waals surface area contributed by atoms with Crippen molar-refractivity contribution in [2.45, 2.75) is 25.8 Å². The lowest BCUT2D eigenvalue weighted by molar-refractivity contribution is -0.139. The first-order valence-electron chi connectivity index (χ1n) is 6.79. The van der Waals surface area contributed by atoms with E-state index < -0.39 is 12.0 Å². The number of carboxylic acid groups (broad SMARTS) is 1. The predicted octanol–water partition coefficient (Wildman–Crippen LogP) is -0.822. The van der Waals surface area contributed by atoms with Crippen molar-refractivity contribution >= 4 is 17.7 Å². The molecule has 8 heteroatoms. The van der Waals surface area contributed by atoms with Gasteiger partial charge in [-0.15, -0.1) is 0 Å². The van der Waals surface area contributed by atoms with Gasteiger partial charge >= 0.3 is 5.97 Å². The van der Waals surface area contributed by atoms with Crippen LogP contribution in [0.5, 0.6) is 0 Å². The molecule has 1 atom stereocenters. The Morgan fingerprint density at radius 3 is 2.38 bits per heavy atom. The first-order chi connectivity index (χ1) is 9.97. The maximum atomic E-state index is 11.4. The molecule has 0 aliphatic carbocycles. The summed E-state index contributed by atoms with van der Waals surface area (Å²) in [5.41, 5.74) is 0. The minimum absolute atomic E-state index is 0.0384. The summed E-state index contributed by atoms with van der Waals surface area (Å²) in [6, 6.07) is -0.717. The van der Waals surface area contributed by atoms with E-state index in [-0.39, 0.29) is 31.1 Å². The predicted molar refractivity (Wildman–Crippen MR) is 75.0 cm³/mol. The number of ether oxygens (including phenoxy) is 2. The Balaban J connectivity index is 3.45. The van der Waals surface area contributed by atoms with Gasteiger partial charge in [0.05, 0.1) is 19.8 Å². The molecule has 0 unspecified atom stereocenters. The van der Waals surface area contributed by atoms with Crippen LogP contribution in [0.25, 0.3) is 0 Å². The van der Waals surface area contributed by atoms with E-state index in [1.165, 1.54) is 6.92 Å². The lowest BCUT2D eigenvalue weighted by atomic mass is 10.1. The number of nitrogens with one attached hydrogen (secondary N) is 2. The number of rotatable bonds is 13. The molecule has 0 spiro atoms. The van der Waals surface area contributed by atoms with Crippen LogP contribution in [0.1, 0.15) is 19.8 Å². The molecule has 1 amide bonds. The number of ketones is 1. The number of hydrogen-bond acceptors (Lipinski definition) is 6. The van der Waals surface area contributed by atoms with E-state index in [2.05, 4.69) is 10.6 Å². The number of amides is 1. The normalized spacial score (nSPS) is 11.9. The molecule has 0 fully saturated rings. The van der Waals surface area contributed by atoms with Crippen molar-refractivity contribution < 1.29 is 29.0 Å². The van der Waals surface area contributed by atoms with Crippen molar-refractivity contribution in [3.8, 4) is 0 Å². The lowest BCUT2D eigenvalue weighted by Gasteiger charge is -2.11. The highest BCUT2D eigenvalue weighted by atomic mass is 16.5.